The number of hydrogen-bond acceptors (Lipinski definition) is 6. The van der Waals surface area contributed by atoms with E-state index in [1.807, 2.05) is 60.7 Å². The summed E-state index contributed by atoms with van der Waals surface area (Å²) in [5.41, 5.74) is 1.47. The van der Waals surface area contributed by atoms with E-state index in [2.05, 4.69) is 11.0 Å². The van der Waals surface area contributed by atoms with Crippen LogP contribution in [0, 0.1) is 11.3 Å². The highest BCUT2D eigenvalue weighted by Crippen LogP contribution is 2.35. The van der Waals surface area contributed by atoms with Crippen molar-refractivity contribution in [1.82, 2.24) is 4.90 Å². The number of benzene rings is 3. The smallest absolute Gasteiger partial charge is 0.127 e. The lowest BCUT2D eigenvalue weighted by molar-refractivity contribution is -0.0656. The minimum atomic E-state index is -0.997. The SMILES string of the molecule is N#Cc1ccccc1-c1ccc(OCC(O)CN2CCC(O)(CO)CC2)c2ccccc12. The van der Waals surface area contributed by atoms with E-state index in [0.29, 0.717) is 43.8 Å². The van der Waals surface area contributed by atoms with Crippen molar-refractivity contribution in [2.75, 3.05) is 32.8 Å². The standard InChI is InChI=1S/C26H28N2O4/c27-15-19-5-1-2-6-21(19)23-9-10-25(24-8-4-3-7-22(23)24)32-17-20(30)16-28-13-11-26(31,18-29)12-14-28/h1-10,20,29-31H,11-14,16-18H2. The highest BCUT2D eigenvalue weighted by atomic mass is 16.5. The number of β-amino-alcohol motifs (C(OH)–C–C–N with tert-alkyl or cyclic N) is 1. The summed E-state index contributed by atoms with van der Waals surface area (Å²) in [4.78, 5) is 2.08. The first kappa shape index (κ1) is 22.3. The van der Waals surface area contributed by atoms with Gasteiger partial charge in [-0.05, 0) is 35.9 Å². The fourth-order valence-corrected chi connectivity index (χ4v) is 4.29. The maximum atomic E-state index is 10.5. The molecule has 0 radical (unpaired) electrons. The van der Waals surface area contributed by atoms with Crippen molar-refractivity contribution in [2.24, 2.45) is 0 Å². The Kier molecular flexibility index (Phi) is 6.73. The number of likely N-dealkylation sites (tertiary alicyclic amines) is 1. The second kappa shape index (κ2) is 9.68. The van der Waals surface area contributed by atoms with E-state index in [-0.39, 0.29) is 13.2 Å². The molecule has 0 saturated carbocycles. The first-order valence-corrected chi connectivity index (χ1v) is 10.9. The highest BCUT2D eigenvalue weighted by molar-refractivity contribution is 6.01. The molecular weight excluding hydrogens is 404 g/mol. The van der Waals surface area contributed by atoms with Crippen molar-refractivity contribution in [3.8, 4) is 22.9 Å². The number of aliphatic hydroxyl groups excluding tert-OH is 2. The van der Waals surface area contributed by atoms with E-state index in [1.54, 1.807) is 0 Å². The van der Waals surface area contributed by atoms with Gasteiger partial charge in [0, 0.05) is 30.6 Å². The van der Waals surface area contributed by atoms with Crippen LogP contribution in [-0.4, -0.2) is 64.8 Å². The Morgan fingerprint density at radius 3 is 2.38 bits per heavy atom. The summed E-state index contributed by atoms with van der Waals surface area (Å²) in [5, 5.41) is 41.3. The normalized spacial score (nSPS) is 17.1. The van der Waals surface area contributed by atoms with E-state index >= 15 is 0 Å². The van der Waals surface area contributed by atoms with Crippen LogP contribution in [0.5, 0.6) is 5.75 Å². The Hall–Kier alpha value is -2.95. The molecule has 1 saturated heterocycles. The molecule has 0 aliphatic carbocycles. The monoisotopic (exact) mass is 432 g/mol. The average molecular weight is 433 g/mol. The summed E-state index contributed by atoms with van der Waals surface area (Å²) >= 11 is 0. The number of ether oxygens (including phenoxy) is 1. The van der Waals surface area contributed by atoms with Crippen LogP contribution in [0.2, 0.25) is 0 Å². The summed E-state index contributed by atoms with van der Waals surface area (Å²) in [6.45, 7) is 1.63. The zero-order chi connectivity index (χ0) is 22.6. The van der Waals surface area contributed by atoms with Crippen LogP contribution in [0.4, 0.5) is 0 Å². The van der Waals surface area contributed by atoms with E-state index in [0.717, 1.165) is 21.9 Å². The lowest BCUT2D eigenvalue weighted by Crippen LogP contribution is -2.48. The minimum absolute atomic E-state index is 0.152. The maximum Gasteiger partial charge on any atom is 0.127 e. The number of aliphatic hydroxyl groups is 3. The Morgan fingerprint density at radius 1 is 0.969 bits per heavy atom. The number of fused-ring (bicyclic) bond motifs is 1. The molecule has 32 heavy (non-hydrogen) atoms. The van der Waals surface area contributed by atoms with Gasteiger partial charge in [0.05, 0.1) is 23.8 Å². The summed E-state index contributed by atoms with van der Waals surface area (Å²) in [7, 11) is 0. The molecule has 3 aromatic rings. The van der Waals surface area contributed by atoms with Gasteiger partial charge in [0.25, 0.3) is 0 Å². The Morgan fingerprint density at radius 2 is 1.66 bits per heavy atom. The van der Waals surface area contributed by atoms with Crippen molar-refractivity contribution in [2.45, 2.75) is 24.5 Å². The Labute approximate surface area is 187 Å². The molecule has 0 amide bonds. The molecule has 1 heterocycles. The third-order valence-corrected chi connectivity index (χ3v) is 6.20. The van der Waals surface area contributed by atoms with Crippen molar-refractivity contribution in [3.05, 3.63) is 66.2 Å². The number of rotatable bonds is 7. The van der Waals surface area contributed by atoms with Gasteiger partial charge in [0.2, 0.25) is 0 Å². The van der Waals surface area contributed by atoms with Crippen molar-refractivity contribution in [3.63, 3.8) is 0 Å². The van der Waals surface area contributed by atoms with Gasteiger partial charge in [0.15, 0.2) is 0 Å². The molecule has 6 heteroatoms. The van der Waals surface area contributed by atoms with Gasteiger partial charge in [-0.3, -0.25) is 0 Å². The third kappa shape index (κ3) is 4.77. The predicted octanol–water partition coefficient (Wildman–Crippen LogP) is 2.94. The van der Waals surface area contributed by atoms with E-state index in [1.165, 1.54) is 0 Å². The number of nitriles is 1. The molecule has 4 rings (SSSR count). The lowest BCUT2D eigenvalue weighted by Gasteiger charge is -2.37. The zero-order valence-corrected chi connectivity index (χ0v) is 17.9. The Bertz CT molecular complexity index is 1120. The molecule has 1 aliphatic heterocycles. The molecule has 3 N–H and O–H groups in total. The van der Waals surface area contributed by atoms with Gasteiger partial charge in [-0.1, -0.05) is 48.5 Å². The maximum absolute atomic E-state index is 10.5. The zero-order valence-electron chi connectivity index (χ0n) is 17.9. The third-order valence-electron chi connectivity index (χ3n) is 6.20. The first-order valence-electron chi connectivity index (χ1n) is 10.9. The molecule has 0 bridgehead atoms. The van der Waals surface area contributed by atoms with Crippen LogP contribution < -0.4 is 4.74 Å². The number of hydrogen-bond donors (Lipinski definition) is 3. The summed E-state index contributed by atoms with van der Waals surface area (Å²) in [6.07, 6.45) is 0.314. The van der Waals surface area contributed by atoms with Crippen molar-refractivity contribution in [1.29, 1.82) is 5.26 Å². The molecule has 6 nitrogen and oxygen atoms in total. The van der Waals surface area contributed by atoms with Gasteiger partial charge in [0.1, 0.15) is 18.5 Å². The topological polar surface area (TPSA) is 97.0 Å². The van der Waals surface area contributed by atoms with Crippen LogP contribution in [0.3, 0.4) is 0 Å². The fourth-order valence-electron chi connectivity index (χ4n) is 4.29. The molecule has 1 fully saturated rings. The van der Waals surface area contributed by atoms with Crippen LogP contribution in [0.1, 0.15) is 18.4 Å². The van der Waals surface area contributed by atoms with Crippen molar-refractivity contribution < 1.29 is 20.1 Å². The second-order valence-corrected chi connectivity index (χ2v) is 8.46. The van der Waals surface area contributed by atoms with Crippen LogP contribution in [0.25, 0.3) is 21.9 Å². The van der Waals surface area contributed by atoms with E-state index in [9.17, 15) is 20.6 Å². The summed E-state index contributed by atoms with van der Waals surface area (Å²) < 4.78 is 6.00. The van der Waals surface area contributed by atoms with E-state index < -0.39 is 11.7 Å². The fraction of sp³-hybridized carbons (Fsp3) is 0.346. The summed E-state index contributed by atoms with van der Waals surface area (Å²) in [6, 6.07) is 21.6. The lowest BCUT2D eigenvalue weighted by atomic mass is 9.92. The van der Waals surface area contributed by atoms with Crippen LogP contribution in [0.15, 0.2) is 60.7 Å². The molecule has 1 unspecified atom stereocenters. The van der Waals surface area contributed by atoms with Gasteiger partial charge in [-0.15, -0.1) is 0 Å². The first-order chi connectivity index (χ1) is 15.5. The van der Waals surface area contributed by atoms with Gasteiger partial charge in [-0.2, -0.15) is 5.26 Å². The average Bonchev–Trinajstić information content (AvgIpc) is 2.84. The second-order valence-electron chi connectivity index (χ2n) is 8.46. The van der Waals surface area contributed by atoms with Gasteiger partial charge < -0.3 is 25.0 Å². The van der Waals surface area contributed by atoms with E-state index in [4.69, 9.17) is 4.74 Å². The van der Waals surface area contributed by atoms with Gasteiger partial charge in [-0.25, -0.2) is 0 Å². The molecule has 166 valence electrons. The quantitative estimate of drug-likeness (QED) is 0.531. The number of piperidine rings is 1. The molecule has 1 atom stereocenters. The predicted molar refractivity (Wildman–Crippen MR) is 123 cm³/mol. The van der Waals surface area contributed by atoms with Crippen molar-refractivity contribution >= 4 is 10.8 Å². The number of nitrogens with zero attached hydrogens (tertiary/aromatic N) is 2. The molecular formula is C26H28N2O4. The largest absolute Gasteiger partial charge is 0.490 e. The highest BCUT2D eigenvalue weighted by Gasteiger charge is 2.32. The molecule has 1 aliphatic rings. The molecule has 3 aromatic carbocycles. The summed E-state index contributed by atoms with van der Waals surface area (Å²) in [5.74, 6) is 0.686. The van der Waals surface area contributed by atoms with Gasteiger partial charge >= 0.3 is 0 Å². The van der Waals surface area contributed by atoms with Crippen LogP contribution in [-0.2, 0) is 0 Å². The minimum Gasteiger partial charge on any atom is -0.490 e. The Balaban J connectivity index is 1.47. The van der Waals surface area contributed by atoms with Crippen LogP contribution >= 0.6 is 0 Å². The molecule has 0 spiro atoms. The molecule has 0 aromatic heterocycles.